The quantitative estimate of drug-likeness (QED) is 0.796. The molecule has 102 valence electrons. The molecule has 2 aromatic rings. The summed E-state index contributed by atoms with van der Waals surface area (Å²) in [6, 6.07) is 7.96. The zero-order valence-electron chi connectivity index (χ0n) is 10.3. The summed E-state index contributed by atoms with van der Waals surface area (Å²) in [5.41, 5.74) is 6.91. The summed E-state index contributed by atoms with van der Waals surface area (Å²) in [5.74, 6) is 1.21. The minimum absolute atomic E-state index is 0. The lowest BCUT2D eigenvalue weighted by Gasteiger charge is -2.17. The number of benzene rings is 1. The minimum Gasteiger partial charge on any atom is -0.334 e. The first kappa shape index (κ1) is 14.7. The van der Waals surface area contributed by atoms with Crippen molar-refractivity contribution in [2.75, 3.05) is 0 Å². The molecule has 0 spiro atoms. The lowest BCUT2D eigenvalue weighted by Crippen LogP contribution is -2.34. The molecule has 0 amide bonds. The van der Waals surface area contributed by atoms with Crippen LogP contribution in [0.5, 0.6) is 0 Å². The van der Waals surface area contributed by atoms with E-state index in [0.29, 0.717) is 11.7 Å². The number of rotatable bonds is 2. The Morgan fingerprint density at radius 3 is 2.58 bits per heavy atom. The highest BCUT2D eigenvalue weighted by Crippen LogP contribution is 2.35. The van der Waals surface area contributed by atoms with Crippen molar-refractivity contribution in [1.82, 2.24) is 10.1 Å². The Balaban J connectivity index is 0.00000133. The highest BCUT2D eigenvalue weighted by Gasteiger charge is 2.36. The van der Waals surface area contributed by atoms with E-state index < -0.39 is 0 Å². The number of hydrogen-bond donors (Lipinski definition) is 1. The SMILES string of the molecule is Cl.NC1(c2noc(-c3ccccc3I)n2)CCCC1. The third-order valence-corrected chi connectivity index (χ3v) is 4.41. The van der Waals surface area contributed by atoms with Crippen LogP contribution in [-0.2, 0) is 5.54 Å². The Morgan fingerprint density at radius 1 is 1.21 bits per heavy atom. The van der Waals surface area contributed by atoms with E-state index in [4.69, 9.17) is 10.3 Å². The Hall–Kier alpha value is -0.660. The fourth-order valence-corrected chi connectivity index (χ4v) is 3.02. The van der Waals surface area contributed by atoms with Gasteiger partial charge in [-0.15, -0.1) is 12.4 Å². The van der Waals surface area contributed by atoms with Gasteiger partial charge in [0.25, 0.3) is 5.89 Å². The maximum atomic E-state index is 6.32. The summed E-state index contributed by atoms with van der Waals surface area (Å²) in [6.45, 7) is 0. The minimum atomic E-state index is -0.387. The van der Waals surface area contributed by atoms with Gasteiger partial charge in [0.05, 0.1) is 11.1 Å². The first-order chi connectivity index (χ1) is 8.69. The molecule has 3 rings (SSSR count). The molecule has 0 unspecified atom stereocenters. The van der Waals surface area contributed by atoms with Gasteiger partial charge < -0.3 is 10.3 Å². The van der Waals surface area contributed by atoms with Crippen LogP contribution in [0.25, 0.3) is 11.5 Å². The first-order valence-corrected chi connectivity index (χ1v) is 7.15. The largest absolute Gasteiger partial charge is 0.334 e. The van der Waals surface area contributed by atoms with E-state index in [9.17, 15) is 0 Å². The summed E-state index contributed by atoms with van der Waals surface area (Å²) in [6.07, 6.45) is 4.17. The predicted molar refractivity (Wildman–Crippen MR) is 84.0 cm³/mol. The molecule has 0 saturated heterocycles. The second kappa shape index (κ2) is 5.76. The summed E-state index contributed by atoms with van der Waals surface area (Å²) in [4.78, 5) is 4.49. The van der Waals surface area contributed by atoms with Gasteiger partial charge in [-0.05, 0) is 47.6 Å². The smallest absolute Gasteiger partial charge is 0.259 e. The van der Waals surface area contributed by atoms with Crippen LogP contribution in [0.2, 0.25) is 0 Å². The number of hydrogen-bond acceptors (Lipinski definition) is 4. The van der Waals surface area contributed by atoms with E-state index in [1.807, 2.05) is 24.3 Å². The third kappa shape index (κ3) is 2.78. The average molecular weight is 392 g/mol. The molecular formula is C13H15ClIN3O. The van der Waals surface area contributed by atoms with Crippen molar-refractivity contribution in [2.24, 2.45) is 5.73 Å². The van der Waals surface area contributed by atoms with Crippen molar-refractivity contribution in [3.63, 3.8) is 0 Å². The molecule has 1 aromatic heterocycles. The maximum Gasteiger partial charge on any atom is 0.259 e. The van der Waals surface area contributed by atoms with Gasteiger partial charge in [0.2, 0.25) is 0 Å². The molecule has 19 heavy (non-hydrogen) atoms. The number of nitrogens with two attached hydrogens (primary N) is 1. The van der Waals surface area contributed by atoms with E-state index >= 15 is 0 Å². The topological polar surface area (TPSA) is 64.9 Å². The molecule has 1 heterocycles. The van der Waals surface area contributed by atoms with Gasteiger partial charge in [0.15, 0.2) is 5.82 Å². The highest BCUT2D eigenvalue weighted by atomic mass is 127. The van der Waals surface area contributed by atoms with Crippen LogP contribution in [0.1, 0.15) is 31.5 Å². The van der Waals surface area contributed by atoms with Crippen LogP contribution in [0.4, 0.5) is 0 Å². The zero-order chi connectivity index (χ0) is 12.6. The molecule has 1 aliphatic rings. The lowest BCUT2D eigenvalue weighted by molar-refractivity contribution is 0.372. The van der Waals surface area contributed by atoms with E-state index in [2.05, 4.69) is 32.7 Å². The van der Waals surface area contributed by atoms with Gasteiger partial charge in [-0.1, -0.05) is 30.1 Å². The second-order valence-electron chi connectivity index (χ2n) is 4.77. The summed E-state index contributed by atoms with van der Waals surface area (Å²) in [5, 5.41) is 4.07. The monoisotopic (exact) mass is 391 g/mol. The maximum absolute atomic E-state index is 6.32. The molecule has 1 aromatic carbocycles. The van der Waals surface area contributed by atoms with Crippen molar-refractivity contribution in [3.8, 4) is 11.5 Å². The van der Waals surface area contributed by atoms with E-state index in [-0.39, 0.29) is 17.9 Å². The van der Waals surface area contributed by atoms with Gasteiger partial charge in [0, 0.05) is 3.57 Å². The normalized spacial score (nSPS) is 17.2. The van der Waals surface area contributed by atoms with Crippen molar-refractivity contribution < 1.29 is 4.52 Å². The Kier molecular flexibility index (Phi) is 4.47. The summed E-state index contributed by atoms with van der Waals surface area (Å²) >= 11 is 2.27. The fraction of sp³-hybridized carbons (Fsp3) is 0.385. The van der Waals surface area contributed by atoms with Crippen LogP contribution in [0.3, 0.4) is 0 Å². The van der Waals surface area contributed by atoms with Crippen LogP contribution >= 0.6 is 35.0 Å². The highest BCUT2D eigenvalue weighted by molar-refractivity contribution is 14.1. The molecule has 1 aliphatic carbocycles. The molecule has 0 atom stereocenters. The first-order valence-electron chi connectivity index (χ1n) is 6.07. The van der Waals surface area contributed by atoms with Crippen molar-refractivity contribution in [1.29, 1.82) is 0 Å². The van der Waals surface area contributed by atoms with Crippen LogP contribution in [-0.4, -0.2) is 10.1 Å². The fourth-order valence-electron chi connectivity index (χ4n) is 2.40. The van der Waals surface area contributed by atoms with Crippen LogP contribution < -0.4 is 5.73 Å². The summed E-state index contributed by atoms with van der Waals surface area (Å²) < 4.78 is 6.46. The van der Waals surface area contributed by atoms with Crippen molar-refractivity contribution >= 4 is 35.0 Å². The number of nitrogens with zero attached hydrogens (tertiary/aromatic N) is 2. The van der Waals surface area contributed by atoms with Crippen molar-refractivity contribution in [2.45, 2.75) is 31.2 Å². The molecule has 0 aliphatic heterocycles. The van der Waals surface area contributed by atoms with Crippen LogP contribution in [0.15, 0.2) is 28.8 Å². The zero-order valence-corrected chi connectivity index (χ0v) is 13.3. The van der Waals surface area contributed by atoms with Gasteiger partial charge >= 0.3 is 0 Å². The van der Waals surface area contributed by atoms with E-state index in [1.165, 1.54) is 0 Å². The van der Waals surface area contributed by atoms with Crippen LogP contribution in [0, 0.1) is 3.57 Å². The Bertz CT molecular complexity index is 567. The Morgan fingerprint density at radius 2 is 1.89 bits per heavy atom. The van der Waals surface area contributed by atoms with E-state index in [1.54, 1.807) is 0 Å². The lowest BCUT2D eigenvalue weighted by atomic mass is 9.99. The number of halogens is 2. The van der Waals surface area contributed by atoms with E-state index in [0.717, 1.165) is 34.8 Å². The molecule has 1 saturated carbocycles. The predicted octanol–water partition coefficient (Wildman–Crippen LogP) is 3.49. The molecule has 1 fully saturated rings. The molecule has 4 nitrogen and oxygen atoms in total. The molecule has 6 heteroatoms. The molecular weight excluding hydrogens is 377 g/mol. The van der Waals surface area contributed by atoms with Gasteiger partial charge in [0.1, 0.15) is 0 Å². The van der Waals surface area contributed by atoms with Gasteiger partial charge in [-0.2, -0.15) is 4.98 Å². The molecule has 0 radical (unpaired) electrons. The Labute approximate surface area is 131 Å². The average Bonchev–Trinajstić information content (AvgIpc) is 2.99. The molecule has 2 N–H and O–H groups in total. The standard InChI is InChI=1S/C13H14IN3O.ClH/c14-10-6-2-1-5-9(10)11-16-12(17-18-11)13(15)7-3-4-8-13;/h1-2,5-6H,3-4,7-8,15H2;1H. The second-order valence-corrected chi connectivity index (χ2v) is 5.93. The van der Waals surface area contributed by atoms with Crippen molar-refractivity contribution in [3.05, 3.63) is 33.7 Å². The molecule has 0 bridgehead atoms. The summed E-state index contributed by atoms with van der Waals surface area (Å²) in [7, 11) is 0. The van der Waals surface area contributed by atoms with Gasteiger partial charge in [-0.3, -0.25) is 0 Å². The number of aromatic nitrogens is 2. The third-order valence-electron chi connectivity index (χ3n) is 3.47. The van der Waals surface area contributed by atoms with Gasteiger partial charge in [-0.25, -0.2) is 0 Å².